The highest BCUT2D eigenvalue weighted by Gasteiger charge is 2.17. The van der Waals surface area contributed by atoms with Gasteiger partial charge in [-0.3, -0.25) is 4.79 Å². The van der Waals surface area contributed by atoms with Crippen LogP contribution in [0.4, 0.5) is 0 Å². The van der Waals surface area contributed by atoms with Gasteiger partial charge in [0.1, 0.15) is 16.5 Å². The molecule has 7 nitrogen and oxygen atoms in total. The second-order valence-corrected chi connectivity index (χ2v) is 9.12. The van der Waals surface area contributed by atoms with Crippen LogP contribution < -0.4 is 9.54 Å². The molecule has 0 radical (unpaired) electrons. The Morgan fingerprint density at radius 2 is 2.04 bits per heavy atom. The number of esters is 1. The third-order valence-electron chi connectivity index (χ3n) is 3.51. The molecule has 0 spiro atoms. The monoisotopic (exact) mass is 426 g/mol. The van der Waals surface area contributed by atoms with Crippen molar-refractivity contribution in [2.24, 2.45) is 4.40 Å². The zero-order valence-corrected chi connectivity index (χ0v) is 17.2. The molecule has 2 heterocycles. The van der Waals surface area contributed by atoms with Gasteiger partial charge >= 0.3 is 5.97 Å². The lowest BCUT2D eigenvalue weighted by Crippen LogP contribution is -2.23. The molecule has 10 heteroatoms. The molecule has 0 unspecified atom stereocenters. The Morgan fingerprint density at radius 3 is 2.70 bits per heavy atom. The van der Waals surface area contributed by atoms with Gasteiger partial charge in [0, 0.05) is 0 Å². The van der Waals surface area contributed by atoms with E-state index in [0.29, 0.717) is 17.9 Å². The topological polar surface area (TPSA) is 87.0 Å². The van der Waals surface area contributed by atoms with E-state index in [1.807, 2.05) is 13.0 Å². The molecule has 3 rings (SSSR count). The van der Waals surface area contributed by atoms with E-state index in [9.17, 15) is 13.2 Å². The second kappa shape index (κ2) is 8.24. The van der Waals surface area contributed by atoms with E-state index in [2.05, 4.69) is 4.40 Å². The average Bonchev–Trinajstić information content (AvgIpc) is 3.25. The highest BCUT2D eigenvalue weighted by atomic mass is 32.2. The van der Waals surface area contributed by atoms with Crippen molar-refractivity contribution >= 4 is 48.9 Å². The predicted molar refractivity (Wildman–Crippen MR) is 105 cm³/mol. The SMILES string of the molecule is CCOC(=O)Cn1/c(=N/S(=O)(=O)c2cccs2)sc2cc(OCC)ccc21. The molecule has 0 saturated carbocycles. The lowest BCUT2D eigenvalue weighted by molar-refractivity contribution is -0.143. The maximum Gasteiger partial charge on any atom is 0.326 e. The van der Waals surface area contributed by atoms with E-state index >= 15 is 0 Å². The van der Waals surface area contributed by atoms with Gasteiger partial charge in [-0.15, -0.1) is 15.7 Å². The summed E-state index contributed by atoms with van der Waals surface area (Å²) in [6.45, 7) is 4.24. The van der Waals surface area contributed by atoms with Gasteiger partial charge in [0.05, 0.1) is 23.4 Å². The molecular weight excluding hydrogens is 408 g/mol. The van der Waals surface area contributed by atoms with Crippen LogP contribution in [0, 0.1) is 0 Å². The van der Waals surface area contributed by atoms with Crippen LogP contribution >= 0.6 is 22.7 Å². The second-order valence-electron chi connectivity index (χ2n) is 5.34. The molecule has 0 amide bonds. The van der Waals surface area contributed by atoms with E-state index in [4.69, 9.17) is 9.47 Å². The fraction of sp³-hybridized carbons (Fsp3) is 0.294. The van der Waals surface area contributed by atoms with Crippen molar-refractivity contribution in [3.63, 3.8) is 0 Å². The Labute approximate surface area is 164 Å². The van der Waals surface area contributed by atoms with Crippen LogP contribution in [0.2, 0.25) is 0 Å². The summed E-state index contributed by atoms with van der Waals surface area (Å²) in [5.41, 5.74) is 0.691. The lowest BCUT2D eigenvalue weighted by atomic mass is 10.3. The van der Waals surface area contributed by atoms with Gasteiger partial charge in [0.15, 0.2) is 0 Å². The minimum atomic E-state index is -3.86. The molecule has 3 aromatic rings. The third kappa shape index (κ3) is 4.40. The number of rotatable bonds is 7. The van der Waals surface area contributed by atoms with Gasteiger partial charge in [-0.2, -0.15) is 8.42 Å². The molecule has 0 bridgehead atoms. The van der Waals surface area contributed by atoms with Crippen molar-refractivity contribution in [3.8, 4) is 5.75 Å². The Morgan fingerprint density at radius 1 is 1.22 bits per heavy atom. The number of aromatic nitrogens is 1. The first-order chi connectivity index (χ1) is 12.9. The van der Waals surface area contributed by atoms with Gasteiger partial charge in [-0.25, -0.2) is 0 Å². The number of fused-ring (bicyclic) bond motifs is 1. The van der Waals surface area contributed by atoms with Crippen molar-refractivity contribution in [1.29, 1.82) is 0 Å². The zero-order chi connectivity index (χ0) is 19.4. The van der Waals surface area contributed by atoms with Gasteiger partial charge < -0.3 is 14.0 Å². The van der Waals surface area contributed by atoms with E-state index in [1.54, 1.807) is 35.1 Å². The minimum absolute atomic E-state index is 0.124. The summed E-state index contributed by atoms with van der Waals surface area (Å²) in [4.78, 5) is 12.2. The number of thiazole rings is 1. The normalized spacial score (nSPS) is 12.4. The summed E-state index contributed by atoms with van der Waals surface area (Å²) in [6.07, 6.45) is 0. The van der Waals surface area contributed by atoms with Crippen LogP contribution in [0.15, 0.2) is 44.3 Å². The van der Waals surface area contributed by atoms with Crippen molar-refractivity contribution in [2.45, 2.75) is 24.6 Å². The fourth-order valence-corrected chi connectivity index (χ4v) is 5.66. The smallest absolute Gasteiger partial charge is 0.326 e. The molecule has 0 saturated heterocycles. The predicted octanol–water partition coefficient (Wildman–Crippen LogP) is 3.02. The molecule has 27 heavy (non-hydrogen) atoms. The largest absolute Gasteiger partial charge is 0.494 e. The van der Waals surface area contributed by atoms with E-state index in [0.717, 1.165) is 16.0 Å². The first-order valence-corrected chi connectivity index (χ1v) is 11.3. The Bertz CT molecular complexity index is 1110. The molecule has 0 aliphatic carbocycles. The van der Waals surface area contributed by atoms with Gasteiger partial charge in [0.25, 0.3) is 10.0 Å². The van der Waals surface area contributed by atoms with Crippen LogP contribution in [0.1, 0.15) is 13.8 Å². The molecule has 1 aromatic carbocycles. The van der Waals surface area contributed by atoms with Crippen LogP contribution in [0.25, 0.3) is 10.2 Å². The van der Waals surface area contributed by atoms with Crippen molar-refractivity contribution in [3.05, 3.63) is 40.5 Å². The average molecular weight is 427 g/mol. The molecule has 0 atom stereocenters. The number of hydrogen-bond acceptors (Lipinski definition) is 7. The summed E-state index contributed by atoms with van der Waals surface area (Å²) >= 11 is 2.28. The molecule has 144 valence electrons. The lowest BCUT2D eigenvalue weighted by Gasteiger charge is -2.06. The number of ether oxygens (including phenoxy) is 2. The maximum absolute atomic E-state index is 12.6. The van der Waals surface area contributed by atoms with Crippen molar-refractivity contribution < 1.29 is 22.7 Å². The number of nitrogens with zero attached hydrogens (tertiary/aromatic N) is 2. The van der Waals surface area contributed by atoms with Crippen LogP contribution in [-0.2, 0) is 26.1 Å². The molecule has 2 aromatic heterocycles. The summed E-state index contributed by atoms with van der Waals surface area (Å²) < 4.78 is 42.1. The third-order valence-corrected chi connectivity index (χ3v) is 7.30. The highest BCUT2D eigenvalue weighted by molar-refractivity contribution is 7.92. The van der Waals surface area contributed by atoms with Gasteiger partial charge in [-0.1, -0.05) is 17.4 Å². The quantitative estimate of drug-likeness (QED) is 0.542. The number of carbonyl (C=O) groups is 1. The number of hydrogen-bond donors (Lipinski definition) is 0. The van der Waals surface area contributed by atoms with E-state index in [-0.39, 0.29) is 22.2 Å². The highest BCUT2D eigenvalue weighted by Crippen LogP contribution is 2.24. The van der Waals surface area contributed by atoms with Crippen LogP contribution in [0.3, 0.4) is 0 Å². The summed E-state index contributed by atoms with van der Waals surface area (Å²) in [7, 11) is -3.86. The van der Waals surface area contributed by atoms with Crippen LogP contribution in [0.5, 0.6) is 5.75 Å². The Hall–Kier alpha value is -2.17. The van der Waals surface area contributed by atoms with Crippen molar-refractivity contribution in [1.82, 2.24) is 4.57 Å². The molecule has 0 fully saturated rings. The molecular formula is C17H18N2O5S3. The number of benzene rings is 1. The fourth-order valence-electron chi connectivity index (χ4n) is 2.43. The van der Waals surface area contributed by atoms with Crippen molar-refractivity contribution in [2.75, 3.05) is 13.2 Å². The minimum Gasteiger partial charge on any atom is -0.494 e. The molecule has 0 aliphatic heterocycles. The first kappa shape index (κ1) is 19.6. The number of carbonyl (C=O) groups excluding carboxylic acids is 1. The van der Waals surface area contributed by atoms with Crippen LogP contribution in [-0.4, -0.2) is 32.2 Å². The maximum atomic E-state index is 12.6. The summed E-state index contributed by atoms with van der Waals surface area (Å²) in [5, 5.41) is 1.67. The van der Waals surface area contributed by atoms with Gasteiger partial charge in [0.2, 0.25) is 4.80 Å². The zero-order valence-electron chi connectivity index (χ0n) is 14.7. The number of thiophene rings is 1. The first-order valence-electron chi connectivity index (χ1n) is 8.21. The van der Waals surface area contributed by atoms with Gasteiger partial charge in [-0.05, 0) is 43.5 Å². The standard InChI is InChI=1S/C17H18N2O5S3/c1-3-23-12-7-8-13-14(10-12)26-17(19(13)11-15(20)24-4-2)18-27(21,22)16-6-5-9-25-16/h5-10H,3-4,11H2,1-2H3/b18-17-. The summed E-state index contributed by atoms with van der Waals surface area (Å²) in [5.74, 6) is 0.211. The number of sulfonamides is 1. The summed E-state index contributed by atoms with van der Waals surface area (Å²) in [6, 6.07) is 8.52. The van der Waals surface area contributed by atoms with E-state index in [1.165, 1.54) is 17.4 Å². The molecule has 0 N–H and O–H groups in total. The molecule has 0 aliphatic rings. The van der Waals surface area contributed by atoms with E-state index < -0.39 is 16.0 Å². The Kier molecular flexibility index (Phi) is 5.98. The Balaban J connectivity index is 2.17.